The standard InChI is InChI=1S/C15H25N3O2S/c1-2-14-21(19,20)16-8-9-17-10-12-18(13-11-17)15-6-4-3-5-7-15/h3-7,16H,2,8-14H2,1H3. The lowest BCUT2D eigenvalue weighted by molar-refractivity contribution is 0.262. The predicted molar refractivity (Wildman–Crippen MR) is 87.2 cm³/mol. The Bertz CT molecular complexity index is 511. The molecule has 6 heteroatoms. The van der Waals surface area contributed by atoms with Crippen LogP contribution in [-0.4, -0.2) is 58.3 Å². The SMILES string of the molecule is CCCS(=O)(=O)NCCN1CCN(c2ccccc2)CC1. The third-order valence-electron chi connectivity index (χ3n) is 3.72. The molecule has 1 aromatic rings. The molecule has 118 valence electrons. The van der Waals surface area contributed by atoms with Gasteiger partial charge in [0.05, 0.1) is 5.75 Å². The zero-order chi connectivity index (χ0) is 15.1. The highest BCUT2D eigenvalue weighted by Crippen LogP contribution is 2.15. The summed E-state index contributed by atoms with van der Waals surface area (Å²) in [7, 11) is -3.07. The van der Waals surface area contributed by atoms with Crippen LogP contribution in [0.25, 0.3) is 0 Å². The van der Waals surface area contributed by atoms with Crippen molar-refractivity contribution in [1.29, 1.82) is 0 Å². The van der Waals surface area contributed by atoms with E-state index in [1.54, 1.807) is 0 Å². The van der Waals surface area contributed by atoms with Crippen LogP contribution >= 0.6 is 0 Å². The second kappa shape index (κ2) is 7.77. The molecule has 1 fully saturated rings. The van der Waals surface area contributed by atoms with Gasteiger partial charge in [-0.05, 0) is 18.6 Å². The first-order chi connectivity index (χ1) is 10.1. The number of benzene rings is 1. The minimum atomic E-state index is -3.07. The van der Waals surface area contributed by atoms with Gasteiger partial charge in [-0.2, -0.15) is 0 Å². The van der Waals surface area contributed by atoms with Gasteiger partial charge in [-0.3, -0.25) is 4.90 Å². The Morgan fingerprint density at radius 2 is 1.76 bits per heavy atom. The van der Waals surface area contributed by atoms with Crippen molar-refractivity contribution in [3.63, 3.8) is 0 Å². The van der Waals surface area contributed by atoms with E-state index in [-0.39, 0.29) is 5.75 Å². The van der Waals surface area contributed by atoms with Crippen LogP contribution < -0.4 is 9.62 Å². The number of nitrogens with one attached hydrogen (secondary N) is 1. The fourth-order valence-electron chi connectivity index (χ4n) is 2.57. The van der Waals surface area contributed by atoms with E-state index in [1.807, 2.05) is 13.0 Å². The molecule has 0 saturated carbocycles. The van der Waals surface area contributed by atoms with E-state index in [2.05, 4.69) is 38.8 Å². The molecule has 2 rings (SSSR count). The van der Waals surface area contributed by atoms with Crippen molar-refractivity contribution in [3.8, 4) is 0 Å². The largest absolute Gasteiger partial charge is 0.369 e. The summed E-state index contributed by atoms with van der Waals surface area (Å²) >= 11 is 0. The third kappa shape index (κ3) is 5.30. The summed E-state index contributed by atoms with van der Waals surface area (Å²) in [5.41, 5.74) is 1.26. The lowest BCUT2D eigenvalue weighted by Gasteiger charge is -2.36. The van der Waals surface area contributed by atoms with E-state index in [9.17, 15) is 8.42 Å². The molecule has 0 radical (unpaired) electrons. The maximum Gasteiger partial charge on any atom is 0.211 e. The van der Waals surface area contributed by atoms with E-state index < -0.39 is 10.0 Å². The Morgan fingerprint density at radius 3 is 2.38 bits per heavy atom. The highest BCUT2D eigenvalue weighted by Gasteiger charge is 2.17. The van der Waals surface area contributed by atoms with Gasteiger partial charge in [-0.25, -0.2) is 13.1 Å². The van der Waals surface area contributed by atoms with Gasteiger partial charge in [0, 0.05) is 45.0 Å². The van der Waals surface area contributed by atoms with Gasteiger partial charge in [-0.15, -0.1) is 0 Å². The van der Waals surface area contributed by atoms with Crippen molar-refractivity contribution < 1.29 is 8.42 Å². The minimum absolute atomic E-state index is 0.217. The number of para-hydroxylation sites is 1. The zero-order valence-corrected chi connectivity index (χ0v) is 13.5. The van der Waals surface area contributed by atoms with E-state index in [0.717, 1.165) is 32.7 Å². The van der Waals surface area contributed by atoms with Crippen LogP contribution in [0.15, 0.2) is 30.3 Å². The normalized spacial score (nSPS) is 17.1. The Hall–Kier alpha value is -1.11. The lowest BCUT2D eigenvalue weighted by Crippen LogP contribution is -2.48. The number of sulfonamides is 1. The Kier molecular flexibility index (Phi) is 6.02. The summed E-state index contributed by atoms with van der Waals surface area (Å²) in [5, 5.41) is 0. The molecule has 1 N–H and O–H groups in total. The molecule has 0 atom stereocenters. The van der Waals surface area contributed by atoms with Gasteiger partial charge < -0.3 is 4.90 Å². The number of anilines is 1. The molecule has 21 heavy (non-hydrogen) atoms. The van der Waals surface area contributed by atoms with Gasteiger partial charge in [-0.1, -0.05) is 25.1 Å². The molecule has 1 aliphatic heterocycles. The van der Waals surface area contributed by atoms with Crippen molar-refractivity contribution in [2.75, 3.05) is 49.9 Å². The first kappa shape index (κ1) is 16.3. The van der Waals surface area contributed by atoms with Gasteiger partial charge in [0.25, 0.3) is 0 Å². The molecule has 0 aromatic heterocycles. The van der Waals surface area contributed by atoms with Crippen LogP contribution in [0.2, 0.25) is 0 Å². The molecule has 1 heterocycles. The number of nitrogens with zero attached hydrogens (tertiary/aromatic N) is 2. The summed E-state index contributed by atoms with van der Waals surface area (Å²) in [6.07, 6.45) is 0.658. The Morgan fingerprint density at radius 1 is 1.10 bits per heavy atom. The smallest absolute Gasteiger partial charge is 0.211 e. The van der Waals surface area contributed by atoms with Crippen LogP contribution in [-0.2, 0) is 10.0 Å². The quantitative estimate of drug-likeness (QED) is 0.820. The minimum Gasteiger partial charge on any atom is -0.369 e. The van der Waals surface area contributed by atoms with Crippen LogP contribution in [0.5, 0.6) is 0 Å². The Labute approximate surface area is 128 Å². The lowest BCUT2D eigenvalue weighted by atomic mass is 10.2. The molecule has 0 bridgehead atoms. The summed E-state index contributed by atoms with van der Waals surface area (Å²) in [6, 6.07) is 10.4. The van der Waals surface area contributed by atoms with Crippen molar-refractivity contribution in [2.45, 2.75) is 13.3 Å². The maximum atomic E-state index is 11.6. The zero-order valence-electron chi connectivity index (χ0n) is 12.7. The second-order valence-electron chi connectivity index (χ2n) is 5.38. The molecule has 1 saturated heterocycles. The summed E-state index contributed by atoms with van der Waals surface area (Å²) in [5.74, 6) is 0.217. The maximum absolute atomic E-state index is 11.6. The van der Waals surface area contributed by atoms with E-state index >= 15 is 0 Å². The molecule has 0 amide bonds. The predicted octanol–water partition coefficient (Wildman–Crippen LogP) is 1.14. The fraction of sp³-hybridized carbons (Fsp3) is 0.600. The average Bonchev–Trinajstić information content (AvgIpc) is 2.48. The van der Waals surface area contributed by atoms with Crippen molar-refractivity contribution in [1.82, 2.24) is 9.62 Å². The van der Waals surface area contributed by atoms with E-state index in [0.29, 0.717) is 13.0 Å². The van der Waals surface area contributed by atoms with Crippen molar-refractivity contribution in [3.05, 3.63) is 30.3 Å². The molecule has 0 aliphatic carbocycles. The number of hydrogen-bond acceptors (Lipinski definition) is 4. The Balaban J connectivity index is 1.70. The first-order valence-electron chi connectivity index (χ1n) is 7.60. The van der Waals surface area contributed by atoms with Crippen LogP contribution in [0.3, 0.4) is 0 Å². The summed E-state index contributed by atoms with van der Waals surface area (Å²) in [4.78, 5) is 4.69. The highest BCUT2D eigenvalue weighted by molar-refractivity contribution is 7.89. The topological polar surface area (TPSA) is 52.7 Å². The summed E-state index contributed by atoms with van der Waals surface area (Å²) < 4.78 is 25.8. The molecular weight excluding hydrogens is 286 g/mol. The highest BCUT2D eigenvalue weighted by atomic mass is 32.2. The molecule has 0 unspecified atom stereocenters. The number of rotatable bonds is 7. The second-order valence-corrected chi connectivity index (χ2v) is 7.30. The van der Waals surface area contributed by atoms with Crippen molar-refractivity contribution in [2.24, 2.45) is 0 Å². The molecule has 0 spiro atoms. The van der Waals surface area contributed by atoms with Gasteiger partial charge in [0.2, 0.25) is 10.0 Å². The molecule has 1 aromatic carbocycles. The average molecular weight is 311 g/mol. The molecular formula is C15H25N3O2S. The van der Waals surface area contributed by atoms with E-state index in [4.69, 9.17) is 0 Å². The monoisotopic (exact) mass is 311 g/mol. The molecule has 1 aliphatic rings. The van der Waals surface area contributed by atoms with Crippen LogP contribution in [0.1, 0.15) is 13.3 Å². The van der Waals surface area contributed by atoms with Crippen molar-refractivity contribution >= 4 is 15.7 Å². The summed E-state index contributed by atoms with van der Waals surface area (Å²) in [6.45, 7) is 7.10. The third-order valence-corrected chi connectivity index (χ3v) is 5.31. The van der Waals surface area contributed by atoms with Gasteiger partial charge in [0.1, 0.15) is 0 Å². The van der Waals surface area contributed by atoms with E-state index in [1.165, 1.54) is 5.69 Å². The number of hydrogen-bond donors (Lipinski definition) is 1. The number of piperazine rings is 1. The van der Waals surface area contributed by atoms with Gasteiger partial charge in [0.15, 0.2) is 0 Å². The fourth-order valence-corrected chi connectivity index (χ4v) is 3.65. The first-order valence-corrected chi connectivity index (χ1v) is 9.25. The van der Waals surface area contributed by atoms with Crippen LogP contribution in [0.4, 0.5) is 5.69 Å². The molecule has 5 nitrogen and oxygen atoms in total. The van der Waals surface area contributed by atoms with Gasteiger partial charge >= 0.3 is 0 Å². The van der Waals surface area contributed by atoms with Crippen LogP contribution in [0, 0.1) is 0 Å².